The highest BCUT2D eigenvalue weighted by Gasteiger charge is 2.31. The number of nitrogens with one attached hydrogen (secondary N) is 1. The Labute approximate surface area is 257 Å². The Morgan fingerprint density at radius 3 is 2.64 bits per heavy atom. The van der Waals surface area contributed by atoms with E-state index in [1.165, 1.54) is 39.1 Å². The third-order valence-electron chi connectivity index (χ3n) is 8.53. The summed E-state index contributed by atoms with van der Waals surface area (Å²) in [6.45, 7) is 9.13. The number of hydrogen-bond acceptors (Lipinski definition) is 8. The van der Waals surface area contributed by atoms with Crippen molar-refractivity contribution in [2.45, 2.75) is 25.8 Å². The molecule has 1 aliphatic heterocycles. The van der Waals surface area contributed by atoms with Gasteiger partial charge in [0.05, 0.1) is 32.2 Å². The van der Waals surface area contributed by atoms with Gasteiger partial charge < -0.3 is 19.7 Å². The number of nitrogens with zero attached hydrogens (tertiary/aromatic N) is 6. The summed E-state index contributed by atoms with van der Waals surface area (Å²) < 4.78 is 27.1. The Bertz CT molecular complexity index is 1610. The smallest absolute Gasteiger partial charge is 0.253 e. The second-order valence-electron chi connectivity index (χ2n) is 11.6. The van der Waals surface area contributed by atoms with Crippen LogP contribution in [0.25, 0.3) is 16.9 Å². The SMILES string of the molecule is COc1ccc(-c2cnc3c(Nc4ccc(C(=O)N(C)CCOCCN5CCN(C6CC6)CC5)c(C)c4)nccn23)cc1F. The number of likely N-dealkylation sites (N-methyl/N-ethyl adjacent to an activating group) is 1. The summed E-state index contributed by atoms with van der Waals surface area (Å²) in [4.78, 5) is 29.0. The second kappa shape index (κ2) is 13.3. The molecule has 2 aromatic heterocycles. The number of rotatable bonds is 12. The molecule has 0 spiro atoms. The number of fused-ring (bicyclic) bond motifs is 1. The van der Waals surface area contributed by atoms with E-state index in [1.807, 2.05) is 36.6 Å². The lowest BCUT2D eigenvalue weighted by molar-refractivity contribution is 0.0570. The monoisotopic (exact) mass is 601 g/mol. The van der Waals surface area contributed by atoms with E-state index in [2.05, 4.69) is 25.1 Å². The molecular weight excluding hydrogens is 561 g/mol. The van der Waals surface area contributed by atoms with Crippen LogP contribution in [0.4, 0.5) is 15.9 Å². The van der Waals surface area contributed by atoms with Crippen molar-refractivity contribution in [3.05, 3.63) is 71.9 Å². The maximum absolute atomic E-state index is 14.4. The van der Waals surface area contributed by atoms with Crippen LogP contribution in [0.5, 0.6) is 5.75 Å². The van der Waals surface area contributed by atoms with Crippen molar-refractivity contribution in [1.29, 1.82) is 0 Å². The number of methoxy groups -OCH3 is 1. The number of ether oxygens (including phenoxy) is 2. The summed E-state index contributed by atoms with van der Waals surface area (Å²) in [7, 11) is 3.25. The van der Waals surface area contributed by atoms with Gasteiger partial charge in [-0.25, -0.2) is 14.4 Å². The minimum atomic E-state index is -0.441. The van der Waals surface area contributed by atoms with Gasteiger partial charge in [0.15, 0.2) is 23.0 Å². The summed E-state index contributed by atoms with van der Waals surface area (Å²) in [6, 6.07) is 11.3. The third kappa shape index (κ3) is 6.69. The second-order valence-corrected chi connectivity index (χ2v) is 11.6. The van der Waals surface area contributed by atoms with Crippen molar-refractivity contribution in [1.82, 2.24) is 29.1 Å². The van der Waals surface area contributed by atoms with E-state index in [0.29, 0.717) is 42.4 Å². The fourth-order valence-corrected chi connectivity index (χ4v) is 5.76. The molecule has 1 amide bonds. The molecule has 4 aromatic rings. The van der Waals surface area contributed by atoms with Gasteiger partial charge >= 0.3 is 0 Å². The van der Waals surface area contributed by atoms with E-state index in [-0.39, 0.29) is 11.7 Å². The lowest BCUT2D eigenvalue weighted by Gasteiger charge is -2.34. The lowest BCUT2D eigenvalue weighted by atomic mass is 10.1. The summed E-state index contributed by atoms with van der Waals surface area (Å²) in [5.41, 5.74) is 4.26. The predicted molar refractivity (Wildman–Crippen MR) is 168 cm³/mol. The Morgan fingerprint density at radius 2 is 1.91 bits per heavy atom. The number of aromatic nitrogens is 3. The molecule has 44 heavy (non-hydrogen) atoms. The molecule has 2 fully saturated rings. The van der Waals surface area contributed by atoms with E-state index < -0.39 is 5.82 Å². The molecule has 0 radical (unpaired) electrons. The van der Waals surface area contributed by atoms with Gasteiger partial charge in [-0.3, -0.25) is 19.0 Å². The van der Waals surface area contributed by atoms with Crippen molar-refractivity contribution in [2.75, 3.05) is 72.0 Å². The van der Waals surface area contributed by atoms with Gasteiger partial charge in [-0.1, -0.05) is 0 Å². The fraction of sp³-hybridized carbons (Fsp3) is 0.424. The number of piperazine rings is 1. The Kier molecular flexibility index (Phi) is 9.06. The van der Waals surface area contributed by atoms with Gasteiger partial charge in [0.1, 0.15) is 0 Å². The van der Waals surface area contributed by atoms with Crippen LogP contribution in [0.1, 0.15) is 28.8 Å². The van der Waals surface area contributed by atoms with Gasteiger partial charge in [0.25, 0.3) is 5.91 Å². The molecule has 0 unspecified atom stereocenters. The van der Waals surface area contributed by atoms with Crippen LogP contribution in [0.3, 0.4) is 0 Å². The van der Waals surface area contributed by atoms with E-state index >= 15 is 0 Å². The van der Waals surface area contributed by atoms with Crippen LogP contribution in [-0.2, 0) is 4.74 Å². The molecule has 232 valence electrons. The minimum absolute atomic E-state index is 0.0429. The molecule has 6 rings (SSSR count). The average molecular weight is 602 g/mol. The Morgan fingerprint density at radius 1 is 1.09 bits per heavy atom. The molecule has 1 N–H and O–H groups in total. The van der Waals surface area contributed by atoms with Crippen molar-refractivity contribution in [3.63, 3.8) is 0 Å². The quantitative estimate of drug-likeness (QED) is 0.238. The number of hydrogen-bond donors (Lipinski definition) is 1. The maximum atomic E-state index is 14.4. The van der Waals surface area contributed by atoms with Gasteiger partial charge in [-0.15, -0.1) is 0 Å². The van der Waals surface area contributed by atoms with Gasteiger partial charge in [-0.05, 0) is 61.7 Å². The maximum Gasteiger partial charge on any atom is 0.253 e. The first-order chi connectivity index (χ1) is 21.4. The zero-order valence-electron chi connectivity index (χ0n) is 25.6. The largest absolute Gasteiger partial charge is 0.494 e. The normalized spacial score (nSPS) is 15.9. The van der Waals surface area contributed by atoms with Gasteiger partial charge in [0.2, 0.25) is 0 Å². The minimum Gasteiger partial charge on any atom is -0.494 e. The van der Waals surface area contributed by atoms with Crippen LogP contribution >= 0.6 is 0 Å². The van der Waals surface area contributed by atoms with Crippen LogP contribution in [0, 0.1) is 12.7 Å². The molecule has 3 heterocycles. The first kappa shape index (κ1) is 30.0. The van der Waals surface area contributed by atoms with Gasteiger partial charge in [-0.2, -0.15) is 0 Å². The summed E-state index contributed by atoms with van der Waals surface area (Å²) in [5.74, 6) is 0.250. The number of carbonyl (C=O) groups is 1. The van der Waals surface area contributed by atoms with Crippen LogP contribution < -0.4 is 10.1 Å². The number of aryl methyl sites for hydroxylation is 1. The summed E-state index contributed by atoms with van der Waals surface area (Å²) in [5, 5.41) is 3.32. The lowest BCUT2D eigenvalue weighted by Crippen LogP contribution is -2.48. The number of anilines is 2. The van der Waals surface area contributed by atoms with Crippen molar-refractivity contribution in [2.24, 2.45) is 0 Å². The number of carbonyl (C=O) groups excluding carboxylic acids is 1. The van der Waals surface area contributed by atoms with Crippen molar-refractivity contribution < 1.29 is 18.7 Å². The molecule has 1 saturated carbocycles. The van der Waals surface area contributed by atoms with Crippen molar-refractivity contribution >= 4 is 23.1 Å². The molecule has 0 bridgehead atoms. The van der Waals surface area contributed by atoms with Crippen LogP contribution in [0.2, 0.25) is 0 Å². The molecule has 1 saturated heterocycles. The molecule has 0 atom stereocenters. The number of halogens is 1. The standard InChI is InChI=1S/C33H40FN7O3/c1-23-20-25(37-31-32-36-22-29(41(32)11-10-35-31)24-4-9-30(43-3)28(34)21-24)5-8-27(23)33(42)38(2)16-18-44-19-17-39-12-14-40(15-13-39)26-6-7-26/h4-5,8-11,20-22,26H,6-7,12-19H2,1-3H3,(H,35,37). The number of imidazole rings is 1. The first-order valence-electron chi connectivity index (χ1n) is 15.2. The third-order valence-corrected chi connectivity index (χ3v) is 8.53. The van der Waals surface area contributed by atoms with Crippen molar-refractivity contribution in [3.8, 4) is 17.0 Å². The van der Waals surface area contributed by atoms with E-state index in [9.17, 15) is 9.18 Å². The predicted octanol–water partition coefficient (Wildman–Crippen LogP) is 4.46. The molecule has 10 nitrogen and oxygen atoms in total. The highest BCUT2D eigenvalue weighted by molar-refractivity contribution is 5.96. The Balaban J connectivity index is 1.02. The van der Waals surface area contributed by atoms with Crippen LogP contribution in [-0.4, -0.2) is 108 Å². The highest BCUT2D eigenvalue weighted by Crippen LogP contribution is 2.29. The number of amides is 1. The molecule has 2 aromatic carbocycles. The average Bonchev–Trinajstić information content (AvgIpc) is 3.79. The molecule has 1 aliphatic carbocycles. The first-order valence-corrected chi connectivity index (χ1v) is 15.2. The van der Waals surface area contributed by atoms with Crippen LogP contribution in [0.15, 0.2) is 55.0 Å². The highest BCUT2D eigenvalue weighted by atomic mass is 19.1. The topological polar surface area (TPSA) is 87.5 Å². The molecular formula is C33H40FN7O3. The van der Waals surface area contributed by atoms with E-state index in [0.717, 1.165) is 42.6 Å². The van der Waals surface area contributed by atoms with E-state index in [4.69, 9.17) is 9.47 Å². The molecule has 2 aliphatic rings. The van der Waals surface area contributed by atoms with Gasteiger partial charge in [0, 0.05) is 81.6 Å². The number of benzene rings is 2. The van der Waals surface area contributed by atoms with E-state index in [1.54, 1.807) is 35.6 Å². The molecule has 11 heteroatoms. The zero-order chi connectivity index (χ0) is 30.6. The summed E-state index contributed by atoms with van der Waals surface area (Å²) in [6.07, 6.45) is 7.88. The Hall–Kier alpha value is -4.06. The fourth-order valence-electron chi connectivity index (χ4n) is 5.76. The zero-order valence-corrected chi connectivity index (χ0v) is 25.6. The summed E-state index contributed by atoms with van der Waals surface area (Å²) >= 11 is 0.